The Morgan fingerprint density at radius 1 is 1.39 bits per heavy atom. The summed E-state index contributed by atoms with van der Waals surface area (Å²) in [4.78, 5) is 25.5. The summed E-state index contributed by atoms with van der Waals surface area (Å²) in [6.07, 6.45) is 6.26. The van der Waals surface area contributed by atoms with E-state index in [2.05, 4.69) is 12.2 Å². The average molecular weight is 252 g/mol. The smallest absolute Gasteiger partial charge is 0.225 e. The van der Waals surface area contributed by atoms with E-state index in [1.54, 1.807) is 0 Å². The molecule has 1 unspecified atom stereocenters. The molecule has 1 saturated carbocycles. The Balaban J connectivity index is 1.70. The van der Waals surface area contributed by atoms with Gasteiger partial charge in [0, 0.05) is 26.1 Å². The third-order valence-electron chi connectivity index (χ3n) is 3.88. The topological polar surface area (TPSA) is 49.4 Å². The molecule has 1 N–H and O–H groups in total. The van der Waals surface area contributed by atoms with Crippen LogP contribution in [-0.4, -0.2) is 36.3 Å². The minimum absolute atomic E-state index is 0.0771. The van der Waals surface area contributed by atoms with E-state index in [4.69, 9.17) is 0 Å². The molecule has 1 saturated heterocycles. The lowest BCUT2D eigenvalue weighted by Gasteiger charge is -2.16. The molecule has 1 heterocycles. The number of hydrogen-bond acceptors (Lipinski definition) is 2. The van der Waals surface area contributed by atoms with Gasteiger partial charge in [-0.1, -0.05) is 19.8 Å². The van der Waals surface area contributed by atoms with Crippen LogP contribution in [0.3, 0.4) is 0 Å². The fourth-order valence-corrected chi connectivity index (χ4v) is 2.43. The zero-order valence-corrected chi connectivity index (χ0v) is 11.3. The quantitative estimate of drug-likeness (QED) is 0.699. The molecule has 2 rings (SSSR count). The van der Waals surface area contributed by atoms with Gasteiger partial charge >= 0.3 is 0 Å². The number of likely N-dealkylation sites (tertiary alicyclic amines) is 1. The first-order valence-corrected chi connectivity index (χ1v) is 7.26. The Bertz CT molecular complexity index is 313. The van der Waals surface area contributed by atoms with E-state index >= 15 is 0 Å². The third-order valence-corrected chi connectivity index (χ3v) is 3.88. The van der Waals surface area contributed by atoms with E-state index in [1.807, 2.05) is 4.90 Å². The van der Waals surface area contributed by atoms with E-state index in [-0.39, 0.29) is 17.7 Å². The molecule has 2 aliphatic rings. The van der Waals surface area contributed by atoms with Crippen LogP contribution in [0.25, 0.3) is 0 Å². The number of nitrogens with zero attached hydrogens (tertiary/aromatic N) is 1. The van der Waals surface area contributed by atoms with Crippen LogP contribution in [-0.2, 0) is 9.59 Å². The number of nitrogens with one attached hydrogen (secondary N) is 1. The molecule has 2 amide bonds. The highest BCUT2D eigenvalue weighted by molar-refractivity contribution is 5.89. The van der Waals surface area contributed by atoms with Gasteiger partial charge in [0.1, 0.15) is 0 Å². The maximum Gasteiger partial charge on any atom is 0.225 e. The Morgan fingerprint density at radius 3 is 2.83 bits per heavy atom. The monoisotopic (exact) mass is 252 g/mol. The van der Waals surface area contributed by atoms with Crippen molar-refractivity contribution in [3.63, 3.8) is 0 Å². The van der Waals surface area contributed by atoms with Crippen LogP contribution >= 0.6 is 0 Å². The second-order valence-electron chi connectivity index (χ2n) is 5.64. The number of carbonyl (C=O) groups excluding carboxylic acids is 2. The zero-order chi connectivity index (χ0) is 13.0. The maximum absolute atomic E-state index is 11.9. The Kier molecular flexibility index (Phi) is 4.61. The highest BCUT2D eigenvalue weighted by atomic mass is 16.2. The van der Waals surface area contributed by atoms with Crippen LogP contribution in [0.15, 0.2) is 0 Å². The van der Waals surface area contributed by atoms with Crippen molar-refractivity contribution in [1.29, 1.82) is 0 Å². The van der Waals surface area contributed by atoms with E-state index in [0.29, 0.717) is 18.9 Å². The largest absolute Gasteiger partial charge is 0.356 e. The minimum atomic E-state index is -0.113. The summed E-state index contributed by atoms with van der Waals surface area (Å²) in [7, 11) is 0. The summed E-state index contributed by atoms with van der Waals surface area (Å²) in [6.45, 7) is 4.40. The first-order valence-electron chi connectivity index (χ1n) is 7.26. The molecule has 4 heteroatoms. The standard InChI is InChI=1S/C14H24N2O2/c1-2-3-4-7-16-10-12(8-13(16)17)14(18)15-9-11-5-6-11/h11-12H,2-10H2,1H3,(H,15,18). The van der Waals surface area contributed by atoms with Crippen LogP contribution < -0.4 is 5.32 Å². The summed E-state index contributed by atoms with van der Waals surface area (Å²) in [5.41, 5.74) is 0. The second kappa shape index (κ2) is 6.21. The Hall–Kier alpha value is -1.06. The van der Waals surface area contributed by atoms with Gasteiger partial charge in [0.15, 0.2) is 0 Å². The molecule has 2 fully saturated rings. The molecule has 1 aliphatic carbocycles. The van der Waals surface area contributed by atoms with Gasteiger partial charge < -0.3 is 10.2 Å². The summed E-state index contributed by atoms with van der Waals surface area (Å²) in [5, 5.41) is 2.98. The summed E-state index contributed by atoms with van der Waals surface area (Å²) < 4.78 is 0. The SMILES string of the molecule is CCCCCN1CC(C(=O)NCC2CC2)CC1=O. The van der Waals surface area contributed by atoms with Crippen LogP contribution in [0.4, 0.5) is 0 Å². The van der Waals surface area contributed by atoms with Gasteiger partial charge in [0.25, 0.3) is 0 Å². The van der Waals surface area contributed by atoms with Crippen molar-refractivity contribution in [3.8, 4) is 0 Å². The van der Waals surface area contributed by atoms with Gasteiger partial charge in [-0.05, 0) is 25.2 Å². The maximum atomic E-state index is 11.9. The lowest BCUT2D eigenvalue weighted by molar-refractivity contribution is -0.129. The molecule has 4 nitrogen and oxygen atoms in total. The zero-order valence-electron chi connectivity index (χ0n) is 11.3. The van der Waals surface area contributed by atoms with Crippen LogP contribution in [0.2, 0.25) is 0 Å². The van der Waals surface area contributed by atoms with Crippen LogP contribution in [0.5, 0.6) is 0 Å². The van der Waals surface area contributed by atoms with Crippen LogP contribution in [0, 0.1) is 11.8 Å². The predicted molar refractivity (Wildman–Crippen MR) is 69.9 cm³/mol. The molecule has 0 bridgehead atoms. The number of unbranched alkanes of at least 4 members (excludes halogenated alkanes) is 2. The van der Waals surface area contributed by atoms with Gasteiger partial charge in [0.05, 0.1) is 5.92 Å². The van der Waals surface area contributed by atoms with Crippen molar-refractivity contribution in [2.75, 3.05) is 19.6 Å². The third kappa shape index (κ3) is 3.72. The number of rotatable bonds is 7. The van der Waals surface area contributed by atoms with Crippen molar-refractivity contribution in [2.45, 2.75) is 45.4 Å². The summed E-state index contributed by atoms with van der Waals surface area (Å²) >= 11 is 0. The molecular weight excluding hydrogens is 228 g/mol. The van der Waals surface area contributed by atoms with Crippen molar-refractivity contribution in [1.82, 2.24) is 10.2 Å². The number of hydrogen-bond donors (Lipinski definition) is 1. The van der Waals surface area contributed by atoms with Gasteiger partial charge in [0.2, 0.25) is 11.8 Å². The molecular formula is C14H24N2O2. The summed E-state index contributed by atoms with van der Waals surface area (Å²) in [5.74, 6) is 0.815. The highest BCUT2D eigenvalue weighted by Gasteiger charge is 2.34. The Morgan fingerprint density at radius 2 is 2.17 bits per heavy atom. The van der Waals surface area contributed by atoms with Gasteiger partial charge in [-0.3, -0.25) is 9.59 Å². The van der Waals surface area contributed by atoms with Crippen LogP contribution in [0.1, 0.15) is 45.4 Å². The van der Waals surface area contributed by atoms with Gasteiger partial charge in [-0.25, -0.2) is 0 Å². The second-order valence-corrected chi connectivity index (χ2v) is 5.64. The van der Waals surface area contributed by atoms with E-state index in [1.165, 1.54) is 12.8 Å². The average Bonchev–Trinajstić information content (AvgIpc) is 3.11. The Labute approximate surface area is 109 Å². The lowest BCUT2D eigenvalue weighted by atomic mass is 10.1. The van der Waals surface area contributed by atoms with Crippen molar-refractivity contribution < 1.29 is 9.59 Å². The van der Waals surface area contributed by atoms with E-state index in [0.717, 1.165) is 32.4 Å². The molecule has 1 atom stereocenters. The molecule has 18 heavy (non-hydrogen) atoms. The van der Waals surface area contributed by atoms with Gasteiger partial charge in [-0.15, -0.1) is 0 Å². The summed E-state index contributed by atoms with van der Waals surface area (Å²) in [6, 6.07) is 0. The molecule has 102 valence electrons. The normalized spacial score (nSPS) is 23.5. The molecule has 0 spiro atoms. The first kappa shape index (κ1) is 13.4. The fourth-order valence-electron chi connectivity index (χ4n) is 2.43. The minimum Gasteiger partial charge on any atom is -0.356 e. The molecule has 0 aromatic heterocycles. The predicted octanol–water partition coefficient (Wildman–Crippen LogP) is 1.55. The van der Waals surface area contributed by atoms with Crippen molar-refractivity contribution in [2.24, 2.45) is 11.8 Å². The molecule has 1 aliphatic heterocycles. The molecule has 0 radical (unpaired) electrons. The number of carbonyl (C=O) groups is 2. The van der Waals surface area contributed by atoms with Crippen molar-refractivity contribution in [3.05, 3.63) is 0 Å². The van der Waals surface area contributed by atoms with E-state index in [9.17, 15) is 9.59 Å². The van der Waals surface area contributed by atoms with Crippen molar-refractivity contribution >= 4 is 11.8 Å². The van der Waals surface area contributed by atoms with Gasteiger partial charge in [-0.2, -0.15) is 0 Å². The highest BCUT2D eigenvalue weighted by Crippen LogP contribution is 2.28. The fraction of sp³-hybridized carbons (Fsp3) is 0.857. The molecule has 0 aromatic carbocycles. The lowest BCUT2D eigenvalue weighted by Crippen LogP contribution is -2.34. The molecule has 0 aromatic rings. The van der Waals surface area contributed by atoms with E-state index < -0.39 is 0 Å². The number of amides is 2. The first-order chi connectivity index (χ1) is 8.70.